The van der Waals surface area contributed by atoms with Crippen LogP contribution in [0.3, 0.4) is 0 Å². The molecule has 4 nitrogen and oxygen atoms in total. The van der Waals surface area contributed by atoms with Gasteiger partial charge < -0.3 is 14.2 Å². The van der Waals surface area contributed by atoms with E-state index in [2.05, 4.69) is 4.74 Å². The molecule has 0 aliphatic carbocycles. The van der Waals surface area contributed by atoms with Crippen molar-refractivity contribution in [2.75, 3.05) is 7.11 Å². The van der Waals surface area contributed by atoms with Crippen LogP contribution >= 0.6 is 0 Å². The van der Waals surface area contributed by atoms with Crippen LogP contribution in [-0.2, 0) is 19.0 Å². The zero-order valence-corrected chi connectivity index (χ0v) is 8.07. The minimum absolute atomic E-state index is 0.260. The van der Waals surface area contributed by atoms with Crippen molar-refractivity contribution in [2.24, 2.45) is 5.41 Å². The third kappa shape index (κ3) is 2.37. The Kier molecular flexibility index (Phi) is 2.80. The van der Waals surface area contributed by atoms with E-state index >= 15 is 0 Å². The first-order chi connectivity index (χ1) is 6.06. The van der Waals surface area contributed by atoms with E-state index in [1.165, 1.54) is 19.6 Å². The minimum atomic E-state index is -0.397. The number of hydrogen-bond acceptors (Lipinski definition) is 4. The van der Waals surface area contributed by atoms with Gasteiger partial charge in [-0.05, 0) is 0 Å². The van der Waals surface area contributed by atoms with Gasteiger partial charge in [-0.3, -0.25) is 4.79 Å². The van der Waals surface area contributed by atoms with Crippen molar-refractivity contribution in [3.63, 3.8) is 0 Å². The topological polar surface area (TPSA) is 44.8 Å². The SMILES string of the molecule is COC(=O)CC(C)(C)C1OC=CO1. The Balaban J connectivity index is 2.49. The highest BCUT2D eigenvalue weighted by atomic mass is 16.7. The lowest BCUT2D eigenvalue weighted by Crippen LogP contribution is -2.32. The van der Waals surface area contributed by atoms with E-state index < -0.39 is 6.29 Å². The quantitative estimate of drug-likeness (QED) is 0.625. The van der Waals surface area contributed by atoms with Crippen LogP contribution in [0.25, 0.3) is 0 Å². The van der Waals surface area contributed by atoms with Crippen LogP contribution in [0, 0.1) is 5.41 Å². The average Bonchev–Trinajstić information content (AvgIpc) is 2.55. The Morgan fingerprint density at radius 2 is 2.00 bits per heavy atom. The molecular formula is C9H14O4. The van der Waals surface area contributed by atoms with E-state index in [1.807, 2.05) is 13.8 Å². The van der Waals surface area contributed by atoms with Crippen LogP contribution in [0.1, 0.15) is 20.3 Å². The monoisotopic (exact) mass is 186 g/mol. The lowest BCUT2D eigenvalue weighted by atomic mass is 9.88. The fraction of sp³-hybridized carbons (Fsp3) is 0.667. The predicted octanol–water partition coefficient (Wildman–Crippen LogP) is 1.42. The van der Waals surface area contributed by atoms with Crippen LogP contribution in [0.4, 0.5) is 0 Å². The molecule has 0 aromatic rings. The van der Waals surface area contributed by atoms with E-state index in [0.29, 0.717) is 0 Å². The first-order valence-electron chi connectivity index (χ1n) is 4.09. The standard InChI is InChI=1S/C9H14O4/c1-9(2,6-7(10)11-3)8-12-4-5-13-8/h4-5,8H,6H2,1-3H3. The van der Waals surface area contributed by atoms with Crippen molar-refractivity contribution in [3.05, 3.63) is 12.5 Å². The van der Waals surface area contributed by atoms with Gasteiger partial charge in [-0.15, -0.1) is 0 Å². The number of rotatable bonds is 3. The number of carbonyl (C=O) groups is 1. The summed E-state index contributed by atoms with van der Waals surface area (Å²) in [6, 6.07) is 0. The summed E-state index contributed by atoms with van der Waals surface area (Å²) < 4.78 is 14.9. The van der Waals surface area contributed by atoms with Crippen LogP contribution in [0.2, 0.25) is 0 Å². The second-order valence-corrected chi connectivity index (χ2v) is 3.62. The van der Waals surface area contributed by atoms with Crippen molar-refractivity contribution in [1.82, 2.24) is 0 Å². The van der Waals surface area contributed by atoms with Gasteiger partial charge in [0.1, 0.15) is 12.5 Å². The summed E-state index contributed by atoms with van der Waals surface area (Å²) in [6.07, 6.45) is 2.83. The molecule has 0 radical (unpaired) electrons. The summed E-state index contributed by atoms with van der Waals surface area (Å²) >= 11 is 0. The Morgan fingerprint density at radius 1 is 1.46 bits per heavy atom. The highest BCUT2D eigenvalue weighted by Crippen LogP contribution is 2.31. The van der Waals surface area contributed by atoms with Gasteiger partial charge in [0.25, 0.3) is 0 Å². The number of carbonyl (C=O) groups excluding carboxylic acids is 1. The first-order valence-corrected chi connectivity index (χ1v) is 4.09. The molecule has 0 amide bonds. The number of methoxy groups -OCH3 is 1. The maximum Gasteiger partial charge on any atom is 0.306 e. The fourth-order valence-corrected chi connectivity index (χ4v) is 1.13. The molecule has 1 aliphatic rings. The number of hydrogen-bond donors (Lipinski definition) is 0. The second-order valence-electron chi connectivity index (χ2n) is 3.62. The molecule has 0 unspecified atom stereocenters. The molecule has 0 bridgehead atoms. The Bertz CT molecular complexity index is 212. The normalized spacial score (nSPS) is 16.5. The zero-order chi connectivity index (χ0) is 9.90. The van der Waals surface area contributed by atoms with Crippen molar-refractivity contribution in [2.45, 2.75) is 26.6 Å². The summed E-state index contributed by atoms with van der Waals surface area (Å²) in [5, 5.41) is 0. The molecule has 13 heavy (non-hydrogen) atoms. The third-order valence-corrected chi connectivity index (χ3v) is 1.93. The van der Waals surface area contributed by atoms with Crippen LogP contribution in [-0.4, -0.2) is 19.4 Å². The van der Waals surface area contributed by atoms with Crippen LogP contribution < -0.4 is 0 Å². The van der Waals surface area contributed by atoms with Gasteiger partial charge in [-0.1, -0.05) is 13.8 Å². The molecule has 1 aliphatic heterocycles. The fourth-order valence-electron chi connectivity index (χ4n) is 1.13. The van der Waals surface area contributed by atoms with Gasteiger partial charge in [-0.2, -0.15) is 0 Å². The molecule has 0 atom stereocenters. The summed E-state index contributed by atoms with van der Waals surface area (Å²) in [5.41, 5.74) is -0.378. The van der Waals surface area contributed by atoms with Gasteiger partial charge in [0, 0.05) is 5.41 Å². The van der Waals surface area contributed by atoms with Crippen molar-refractivity contribution in [3.8, 4) is 0 Å². The second kappa shape index (κ2) is 3.68. The van der Waals surface area contributed by atoms with Crippen molar-refractivity contribution >= 4 is 5.97 Å². The number of ether oxygens (including phenoxy) is 3. The Hall–Kier alpha value is -1.19. The Labute approximate surface area is 77.5 Å². The van der Waals surface area contributed by atoms with E-state index in [9.17, 15) is 4.79 Å². The molecule has 0 fully saturated rings. The lowest BCUT2D eigenvalue weighted by Gasteiger charge is -2.28. The molecule has 1 rings (SSSR count). The number of esters is 1. The summed E-state index contributed by atoms with van der Waals surface area (Å²) in [5.74, 6) is -0.260. The van der Waals surface area contributed by atoms with E-state index in [0.717, 1.165) is 0 Å². The molecule has 0 saturated carbocycles. The molecular weight excluding hydrogens is 172 g/mol. The minimum Gasteiger partial charge on any atom is -0.469 e. The van der Waals surface area contributed by atoms with Crippen molar-refractivity contribution in [1.29, 1.82) is 0 Å². The van der Waals surface area contributed by atoms with Crippen LogP contribution in [0.5, 0.6) is 0 Å². The molecule has 0 saturated heterocycles. The first kappa shape index (κ1) is 9.89. The molecule has 0 aromatic heterocycles. The predicted molar refractivity (Wildman–Crippen MR) is 45.5 cm³/mol. The maximum absolute atomic E-state index is 11.0. The largest absolute Gasteiger partial charge is 0.469 e. The Morgan fingerprint density at radius 3 is 2.46 bits per heavy atom. The lowest BCUT2D eigenvalue weighted by molar-refractivity contribution is -0.153. The van der Waals surface area contributed by atoms with Gasteiger partial charge in [0.15, 0.2) is 0 Å². The van der Waals surface area contributed by atoms with Crippen LogP contribution in [0.15, 0.2) is 12.5 Å². The molecule has 0 spiro atoms. The van der Waals surface area contributed by atoms with Gasteiger partial charge in [0.05, 0.1) is 13.5 Å². The smallest absolute Gasteiger partial charge is 0.306 e. The highest BCUT2D eigenvalue weighted by Gasteiger charge is 2.36. The molecule has 4 heteroatoms. The van der Waals surface area contributed by atoms with Gasteiger partial charge >= 0.3 is 5.97 Å². The summed E-state index contributed by atoms with van der Waals surface area (Å²) in [7, 11) is 1.37. The molecule has 74 valence electrons. The van der Waals surface area contributed by atoms with Gasteiger partial charge in [0.2, 0.25) is 6.29 Å². The van der Waals surface area contributed by atoms with E-state index in [4.69, 9.17) is 9.47 Å². The average molecular weight is 186 g/mol. The van der Waals surface area contributed by atoms with E-state index in [-0.39, 0.29) is 17.8 Å². The highest BCUT2D eigenvalue weighted by molar-refractivity contribution is 5.70. The van der Waals surface area contributed by atoms with Crippen molar-refractivity contribution < 1.29 is 19.0 Å². The molecule has 0 N–H and O–H groups in total. The summed E-state index contributed by atoms with van der Waals surface area (Å²) in [4.78, 5) is 11.0. The van der Waals surface area contributed by atoms with Gasteiger partial charge in [-0.25, -0.2) is 0 Å². The third-order valence-electron chi connectivity index (χ3n) is 1.93. The summed E-state index contributed by atoms with van der Waals surface area (Å²) in [6.45, 7) is 3.78. The maximum atomic E-state index is 11.0. The zero-order valence-electron chi connectivity index (χ0n) is 8.07. The van der Waals surface area contributed by atoms with E-state index in [1.54, 1.807) is 0 Å². The molecule has 0 aromatic carbocycles. The molecule has 1 heterocycles.